The Morgan fingerprint density at radius 1 is 1.37 bits per heavy atom. The molecule has 0 aromatic heterocycles. The third-order valence-corrected chi connectivity index (χ3v) is 3.62. The van der Waals surface area contributed by atoms with Crippen molar-refractivity contribution in [1.82, 2.24) is 0 Å². The van der Waals surface area contributed by atoms with Crippen molar-refractivity contribution in [3.63, 3.8) is 0 Å². The van der Waals surface area contributed by atoms with Gasteiger partial charge in [-0.15, -0.1) is 0 Å². The number of allylic oxidation sites excluding steroid dienone is 1. The Balaban J connectivity index is 1.87. The predicted molar refractivity (Wildman–Crippen MR) is 77.8 cm³/mol. The van der Waals surface area contributed by atoms with Gasteiger partial charge in [0.05, 0.1) is 5.56 Å². The van der Waals surface area contributed by atoms with Crippen LogP contribution in [0.15, 0.2) is 29.8 Å². The number of hydrogen-bond acceptors (Lipinski definition) is 2. The van der Waals surface area contributed by atoms with Gasteiger partial charge in [-0.1, -0.05) is 11.6 Å². The van der Waals surface area contributed by atoms with E-state index in [0.717, 1.165) is 24.2 Å². The fraction of sp³-hybridized carbons (Fsp3) is 0.438. The van der Waals surface area contributed by atoms with E-state index in [1.807, 2.05) is 19.1 Å². The number of carbonyl (C=O) groups is 1. The number of rotatable bonds is 5. The van der Waals surface area contributed by atoms with E-state index >= 15 is 0 Å². The molecule has 0 bridgehead atoms. The van der Waals surface area contributed by atoms with Crippen molar-refractivity contribution < 1.29 is 9.90 Å². The maximum absolute atomic E-state index is 10.9. The van der Waals surface area contributed by atoms with Crippen LogP contribution in [0.4, 0.5) is 5.69 Å². The number of benzene rings is 1. The van der Waals surface area contributed by atoms with Gasteiger partial charge in [-0.3, -0.25) is 0 Å². The van der Waals surface area contributed by atoms with Gasteiger partial charge in [0.25, 0.3) is 0 Å². The number of carboxylic acids is 1. The average molecular weight is 259 g/mol. The molecule has 102 valence electrons. The zero-order chi connectivity index (χ0) is 13.7. The molecule has 0 spiro atoms. The second-order valence-corrected chi connectivity index (χ2v) is 5.12. The number of nitrogens with one attached hydrogen (secondary N) is 1. The minimum absolute atomic E-state index is 0.375. The van der Waals surface area contributed by atoms with Gasteiger partial charge in [0, 0.05) is 12.2 Å². The summed E-state index contributed by atoms with van der Waals surface area (Å²) in [6.07, 6.45) is 8.55. The summed E-state index contributed by atoms with van der Waals surface area (Å²) < 4.78 is 0. The molecule has 1 aliphatic rings. The first-order valence-corrected chi connectivity index (χ1v) is 6.92. The molecule has 2 rings (SSSR count). The fourth-order valence-electron chi connectivity index (χ4n) is 2.51. The van der Waals surface area contributed by atoms with Gasteiger partial charge in [0.15, 0.2) is 0 Å². The van der Waals surface area contributed by atoms with E-state index < -0.39 is 5.97 Å². The minimum atomic E-state index is -0.864. The van der Waals surface area contributed by atoms with Crippen LogP contribution in [0.3, 0.4) is 0 Å². The molecule has 0 amide bonds. The first kappa shape index (κ1) is 13.7. The lowest BCUT2D eigenvalue weighted by molar-refractivity contribution is 0.0696. The number of hydrogen-bond donors (Lipinski definition) is 2. The van der Waals surface area contributed by atoms with Gasteiger partial charge in [0.2, 0.25) is 0 Å². The Bertz CT molecular complexity index is 492. The van der Waals surface area contributed by atoms with Crippen LogP contribution >= 0.6 is 0 Å². The van der Waals surface area contributed by atoms with Gasteiger partial charge in [0.1, 0.15) is 0 Å². The molecule has 3 heteroatoms. The Hall–Kier alpha value is -1.77. The van der Waals surface area contributed by atoms with Crippen LogP contribution in [-0.2, 0) is 0 Å². The van der Waals surface area contributed by atoms with Crippen molar-refractivity contribution in [3.8, 4) is 0 Å². The van der Waals surface area contributed by atoms with Crippen LogP contribution in [0.2, 0.25) is 0 Å². The fourth-order valence-corrected chi connectivity index (χ4v) is 2.51. The lowest BCUT2D eigenvalue weighted by Crippen LogP contribution is -2.06. The van der Waals surface area contributed by atoms with Crippen molar-refractivity contribution in [1.29, 1.82) is 0 Å². The van der Waals surface area contributed by atoms with Gasteiger partial charge in [-0.05, 0) is 62.8 Å². The zero-order valence-corrected chi connectivity index (χ0v) is 11.4. The molecule has 0 fully saturated rings. The number of aromatic carboxylic acids is 1. The van der Waals surface area contributed by atoms with Gasteiger partial charge >= 0.3 is 5.97 Å². The molecule has 0 radical (unpaired) electrons. The summed E-state index contributed by atoms with van der Waals surface area (Å²) in [4.78, 5) is 10.9. The minimum Gasteiger partial charge on any atom is -0.478 e. The number of carboxylic acid groups (broad SMARTS) is 1. The summed E-state index contributed by atoms with van der Waals surface area (Å²) in [7, 11) is 0. The van der Waals surface area contributed by atoms with E-state index in [9.17, 15) is 4.79 Å². The van der Waals surface area contributed by atoms with Crippen molar-refractivity contribution in [2.45, 2.75) is 39.0 Å². The molecule has 0 aliphatic heterocycles. The topological polar surface area (TPSA) is 49.3 Å². The van der Waals surface area contributed by atoms with Crippen LogP contribution in [0.1, 0.15) is 48.0 Å². The largest absolute Gasteiger partial charge is 0.478 e. The molecule has 1 aromatic rings. The van der Waals surface area contributed by atoms with Crippen LogP contribution in [0.5, 0.6) is 0 Å². The molecular formula is C16H21NO2. The Labute approximate surface area is 114 Å². The standard InChI is InChI=1S/C16H21NO2/c1-12-11-14(7-8-15(12)16(18)19)17-10-9-13-5-3-2-4-6-13/h5,7-8,11,17H,2-4,6,9-10H2,1H3,(H,18,19). The predicted octanol–water partition coefficient (Wildman–Crippen LogP) is 4.00. The summed E-state index contributed by atoms with van der Waals surface area (Å²) in [6.45, 7) is 2.75. The van der Waals surface area contributed by atoms with Gasteiger partial charge in [-0.25, -0.2) is 4.79 Å². The highest BCUT2D eigenvalue weighted by Crippen LogP contribution is 2.20. The zero-order valence-electron chi connectivity index (χ0n) is 11.4. The van der Waals surface area contributed by atoms with E-state index in [2.05, 4.69) is 11.4 Å². The number of aryl methyl sites for hydroxylation is 1. The Kier molecular flexibility index (Phi) is 4.61. The second kappa shape index (κ2) is 6.41. The summed E-state index contributed by atoms with van der Waals surface area (Å²) in [5.74, 6) is -0.864. The average Bonchev–Trinajstić information content (AvgIpc) is 2.39. The third kappa shape index (κ3) is 3.85. The van der Waals surface area contributed by atoms with E-state index in [1.54, 1.807) is 11.6 Å². The first-order chi connectivity index (χ1) is 9.16. The molecule has 1 aromatic carbocycles. The van der Waals surface area contributed by atoms with Crippen molar-refractivity contribution in [2.24, 2.45) is 0 Å². The third-order valence-electron chi connectivity index (χ3n) is 3.62. The van der Waals surface area contributed by atoms with Crippen LogP contribution in [0, 0.1) is 6.92 Å². The van der Waals surface area contributed by atoms with Crippen molar-refractivity contribution in [3.05, 3.63) is 41.0 Å². The molecule has 3 nitrogen and oxygen atoms in total. The monoisotopic (exact) mass is 259 g/mol. The molecule has 19 heavy (non-hydrogen) atoms. The Morgan fingerprint density at radius 3 is 2.84 bits per heavy atom. The molecule has 0 saturated heterocycles. The molecule has 0 atom stereocenters. The highest BCUT2D eigenvalue weighted by Gasteiger charge is 2.07. The van der Waals surface area contributed by atoms with Crippen LogP contribution < -0.4 is 5.32 Å². The van der Waals surface area contributed by atoms with Gasteiger partial charge < -0.3 is 10.4 Å². The highest BCUT2D eigenvalue weighted by molar-refractivity contribution is 5.89. The molecule has 0 heterocycles. The van der Waals surface area contributed by atoms with E-state index in [0.29, 0.717) is 5.56 Å². The van der Waals surface area contributed by atoms with Crippen LogP contribution in [-0.4, -0.2) is 17.6 Å². The maximum atomic E-state index is 10.9. The van der Waals surface area contributed by atoms with E-state index in [-0.39, 0.29) is 0 Å². The molecule has 0 unspecified atom stereocenters. The number of anilines is 1. The van der Waals surface area contributed by atoms with Crippen molar-refractivity contribution >= 4 is 11.7 Å². The van der Waals surface area contributed by atoms with Gasteiger partial charge in [-0.2, -0.15) is 0 Å². The maximum Gasteiger partial charge on any atom is 0.335 e. The molecule has 0 saturated carbocycles. The quantitative estimate of drug-likeness (QED) is 0.786. The van der Waals surface area contributed by atoms with E-state index in [4.69, 9.17) is 5.11 Å². The first-order valence-electron chi connectivity index (χ1n) is 6.92. The lowest BCUT2D eigenvalue weighted by Gasteiger charge is -2.14. The normalized spacial score (nSPS) is 14.9. The molecule has 1 aliphatic carbocycles. The summed E-state index contributed by atoms with van der Waals surface area (Å²) in [5.41, 5.74) is 3.73. The van der Waals surface area contributed by atoms with E-state index in [1.165, 1.54) is 25.7 Å². The lowest BCUT2D eigenvalue weighted by atomic mass is 9.97. The summed E-state index contributed by atoms with van der Waals surface area (Å²) in [5, 5.41) is 12.3. The summed E-state index contributed by atoms with van der Waals surface area (Å²) in [6, 6.07) is 5.41. The highest BCUT2D eigenvalue weighted by atomic mass is 16.4. The second-order valence-electron chi connectivity index (χ2n) is 5.12. The van der Waals surface area contributed by atoms with Crippen molar-refractivity contribution in [2.75, 3.05) is 11.9 Å². The SMILES string of the molecule is Cc1cc(NCCC2=CCCCC2)ccc1C(=O)O. The summed E-state index contributed by atoms with van der Waals surface area (Å²) >= 11 is 0. The Morgan fingerprint density at radius 2 is 2.21 bits per heavy atom. The molecular weight excluding hydrogens is 238 g/mol. The smallest absolute Gasteiger partial charge is 0.335 e. The van der Waals surface area contributed by atoms with Crippen LogP contribution in [0.25, 0.3) is 0 Å². The molecule has 2 N–H and O–H groups in total.